The standard InChI is InChI=1S/C12H11NO2.BrH/c1-15-12(14)8-11-10-5-3-2-4-9(10)6-7-13-11;/h2-7H,8H2,1H3;1H. The molecule has 0 bridgehead atoms. The fourth-order valence-electron chi connectivity index (χ4n) is 1.59. The van der Waals surface area contributed by atoms with Crippen molar-refractivity contribution in [3.8, 4) is 0 Å². The molecule has 16 heavy (non-hydrogen) atoms. The Labute approximate surface area is 104 Å². The molecule has 0 saturated carbocycles. The molecule has 0 aliphatic rings. The highest BCUT2D eigenvalue weighted by molar-refractivity contribution is 5.86. The Morgan fingerprint density at radius 3 is 2.81 bits per heavy atom. The molecule has 0 spiro atoms. The van der Waals surface area contributed by atoms with Gasteiger partial charge in [0.15, 0.2) is 11.9 Å². The highest BCUT2D eigenvalue weighted by Crippen LogP contribution is 2.14. The van der Waals surface area contributed by atoms with Gasteiger partial charge in [0.05, 0.1) is 7.11 Å². The van der Waals surface area contributed by atoms with E-state index in [1.165, 1.54) is 7.11 Å². The molecule has 1 heterocycles. The summed E-state index contributed by atoms with van der Waals surface area (Å²) in [5.74, 6) is -0.234. The first kappa shape index (κ1) is 12.6. The van der Waals surface area contributed by atoms with Crippen LogP contribution in [-0.4, -0.2) is 13.1 Å². The van der Waals surface area contributed by atoms with Gasteiger partial charge < -0.3 is 21.7 Å². The summed E-state index contributed by atoms with van der Waals surface area (Å²) in [5, 5.41) is 2.18. The first-order valence-corrected chi connectivity index (χ1v) is 4.76. The number of nitrogens with one attached hydrogen (secondary N) is 1. The average Bonchev–Trinajstić information content (AvgIpc) is 2.29. The second kappa shape index (κ2) is 5.61. The Morgan fingerprint density at radius 2 is 2.06 bits per heavy atom. The molecule has 0 aliphatic heterocycles. The largest absolute Gasteiger partial charge is 1.00 e. The molecule has 1 aromatic heterocycles. The van der Waals surface area contributed by atoms with E-state index < -0.39 is 0 Å². The van der Waals surface area contributed by atoms with Crippen molar-refractivity contribution in [2.24, 2.45) is 0 Å². The first-order chi connectivity index (χ1) is 7.31. The summed E-state index contributed by atoms with van der Waals surface area (Å²) >= 11 is 0. The molecule has 84 valence electrons. The predicted octanol–water partition coefficient (Wildman–Crippen LogP) is -1.63. The predicted molar refractivity (Wildman–Crippen MR) is 56.2 cm³/mol. The van der Waals surface area contributed by atoms with Crippen molar-refractivity contribution >= 4 is 16.7 Å². The van der Waals surface area contributed by atoms with Gasteiger partial charge in [-0.1, -0.05) is 18.2 Å². The van der Waals surface area contributed by atoms with E-state index in [2.05, 4.69) is 9.72 Å². The van der Waals surface area contributed by atoms with Crippen LogP contribution >= 0.6 is 0 Å². The molecule has 1 N–H and O–H groups in total. The van der Waals surface area contributed by atoms with Crippen molar-refractivity contribution < 1.29 is 31.5 Å². The summed E-state index contributed by atoms with van der Waals surface area (Å²) in [7, 11) is 1.40. The van der Waals surface area contributed by atoms with E-state index in [1.807, 2.05) is 36.5 Å². The van der Waals surface area contributed by atoms with Crippen molar-refractivity contribution in [1.29, 1.82) is 0 Å². The second-order valence-electron chi connectivity index (χ2n) is 3.30. The van der Waals surface area contributed by atoms with Gasteiger partial charge in [0.1, 0.15) is 6.42 Å². The monoisotopic (exact) mass is 281 g/mol. The molecule has 0 unspecified atom stereocenters. The van der Waals surface area contributed by atoms with Crippen molar-refractivity contribution in [2.75, 3.05) is 7.11 Å². The van der Waals surface area contributed by atoms with Gasteiger partial charge in [0.25, 0.3) is 0 Å². The maximum Gasteiger partial charge on any atom is 0.316 e. The molecule has 0 fully saturated rings. The van der Waals surface area contributed by atoms with Gasteiger partial charge in [-0.05, 0) is 11.5 Å². The van der Waals surface area contributed by atoms with Crippen LogP contribution in [0.4, 0.5) is 0 Å². The van der Waals surface area contributed by atoms with Crippen molar-refractivity contribution in [3.63, 3.8) is 0 Å². The number of carbonyl (C=O) groups excluding carboxylic acids is 1. The van der Waals surface area contributed by atoms with E-state index in [0.29, 0.717) is 0 Å². The van der Waals surface area contributed by atoms with Crippen LogP contribution in [0.5, 0.6) is 0 Å². The van der Waals surface area contributed by atoms with E-state index in [0.717, 1.165) is 16.5 Å². The molecular formula is C12H12BrNO2. The summed E-state index contributed by atoms with van der Waals surface area (Å²) in [4.78, 5) is 14.3. The summed E-state index contributed by atoms with van der Waals surface area (Å²) in [6.07, 6.45) is 2.11. The minimum absolute atomic E-state index is 0. The minimum atomic E-state index is -0.234. The molecule has 0 aliphatic carbocycles. The molecule has 0 radical (unpaired) electrons. The molecular weight excluding hydrogens is 270 g/mol. The van der Waals surface area contributed by atoms with Crippen LogP contribution in [0.3, 0.4) is 0 Å². The zero-order chi connectivity index (χ0) is 10.7. The van der Waals surface area contributed by atoms with Crippen molar-refractivity contribution in [3.05, 3.63) is 42.2 Å². The van der Waals surface area contributed by atoms with Crippen LogP contribution in [0.2, 0.25) is 0 Å². The smallest absolute Gasteiger partial charge is 0.316 e. The third kappa shape index (κ3) is 2.58. The lowest BCUT2D eigenvalue weighted by Gasteiger charge is -1.99. The highest BCUT2D eigenvalue weighted by Gasteiger charge is 2.12. The fourth-order valence-corrected chi connectivity index (χ4v) is 1.59. The SMILES string of the molecule is COC(=O)Cc1[nH+]ccc2ccccc12.[Br-]. The molecule has 3 nitrogen and oxygen atoms in total. The third-order valence-corrected chi connectivity index (χ3v) is 2.36. The van der Waals surface area contributed by atoms with E-state index in [1.54, 1.807) is 0 Å². The second-order valence-corrected chi connectivity index (χ2v) is 3.30. The highest BCUT2D eigenvalue weighted by atomic mass is 79.9. The van der Waals surface area contributed by atoms with Gasteiger partial charge >= 0.3 is 5.97 Å². The number of aromatic amines is 1. The van der Waals surface area contributed by atoms with Crippen LogP contribution in [0, 0.1) is 0 Å². The van der Waals surface area contributed by atoms with E-state index in [9.17, 15) is 4.79 Å². The van der Waals surface area contributed by atoms with E-state index >= 15 is 0 Å². The van der Waals surface area contributed by atoms with Crippen LogP contribution in [-0.2, 0) is 16.0 Å². The number of benzene rings is 1. The third-order valence-electron chi connectivity index (χ3n) is 2.36. The minimum Gasteiger partial charge on any atom is -1.00 e. The number of methoxy groups -OCH3 is 1. The van der Waals surface area contributed by atoms with E-state index in [4.69, 9.17) is 0 Å². The van der Waals surface area contributed by atoms with Crippen LogP contribution in [0.15, 0.2) is 36.5 Å². The maximum atomic E-state index is 11.2. The Bertz CT molecular complexity index is 494. The molecule has 0 saturated heterocycles. The average molecular weight is 282 g/mol. The lowest BCUT2D eigenvalue weighted by molar-refractivity contribution is -0.387. The summed E-state index contributed by atoms with van der Waals surface area (Å²) in [6, 6.07) is 9.92. The van der Waals surface area contributed by atoms with Gasteiger partial charge in [0, 0.05) is 11.5 Å². The molecule has 1 aromatic carbocycles. The summed E-state index contributed by atoms with van der Waals surface area (Å²) < 4.78 is 4.64. The Kier molecular flexibility index (Phi) is 4.43. The topological polar surface area (TPSA) is 40.4 Å². The lowest BCUT2D eigenvalue weighted by Crippen LogP contribution is -3.00. The Hall–Kier alpha value is -1.42. The number of hydrogen-bond donors (Lipinski definition) is 0. The van der Waals surface area contributed by atoms with Gasteiger partial charge in [-0.3, -0.25) is 4.79 Å². The Morgan fingerprint density at radius 1 is 1.31 bits per heavy atom. The summed E-state index contributed by atoms with van der Waals surface area (Å²) in [5.41, 5.74) is 0.889. The quantitative estimate of drug-likeness (QED) is 0.621. The normalized spacial score (nSPS) is 9.56. The molecule has 2 rings (SSSR count). The number of rotatable bonds is 2. The zero-order valence-corrected chi connectivity index (χ0v) is 10.5. The molecule has 0 amide bonds. The number of hydrogen-bond acceptors (Lipinski definition) is 2. The van der Waals surface area contributed by atoms with Gasteiger partial charge in [0.2, 0.25) is 0 Å². The molecule has 4 heteroatoms. The maximum absolute atomic E-state index is 11.2. The Balaban J connectivity index is 0.00000128. The van der Waals surface area contributed by atoms with E-state index in [-0.39, 0.29) is 29.4 Å². The first-order valence-electron chi connectivity index (χ1n) is 4.76. The van der Waals surface area contributed by atoms with Gasteiger partial charge in [-0.2, -0.15) is 0 Å². The number of halogens is 1. The van der Waals surface area contributed by atoms with Gasteiger partial charge in [-0.15, -0.1) is 0 Å². The number of carbonyl (C=O) groups is 1. The zero-order valence-electron chi connectivity index (χ0n) is 8.87. The number of esters is 1. The van der Waals surface area contributed by atoms with Crippen LogP contribution < -0.4 is 22.0 Å². The number of H-pyrrole nitrogens is 1. The van der Waals surface area contributed by atoms with Crippen molar-refractivity contribution in [2.45, 2.75) is 6.42 Å². The van der Waals surface area contributed by atoms with Crippen LogP contribution in [0.25, 0.3) is 10.8 Å². The van der Waals surface area contributed by atoms with Crippen molar-refractivity contribution in [1.82, 2.24) is 0 Å². The number of aromatic nitrogens is 1. The fraction of sp³-hybridized carbons (Fsp3) is 0.167. The lowest BCUT2D eigenvalue weighted by atomic mass is 10.1. The molecule has 2 aromatic rings. The van der Waals surface area contributed by atoms with Crippen LogP contribution in [0.1, 0.15) is 5.69 Å². The number of pyridine rings is 1. The number of fused-ring (bicyclic) bond motifs is 1. The molecule has 0 atom stereocenters. The van der Waals surface area contributed by atoms with Gasteiger partial charge in [-0.25, -0.2) is 4.98 Å². The number of ether oxygens (including phenoxy) is 1. The summed E-state index contributed by atoms with van der Waals surface area (Å²) in [6.45, 7) is 0.